The van der Waals surface area contributed by atoms with Gasteiger partial charge >= 0.3 is 0 Å². The molecule has 6 nitrogen and oxygen atoms in total. The number of amides is 1. The number of likely N-dealkylation sites (tertiary alicyclic amines) is 1. The second kappa shape index (κ2) is 9.10. The van der Waals surface area contributed by atoms with E-state index < -0.39 is 0 Å². The van der Waals surface area contributed by atoms with Crippen LogP contribution in [0.15, 0.2) is 30.5 Å². The number of aryl methyl sites for hydroxylation is 1. The summed E-state index contributed by atoms with van der Waals surface area (Å²) in [4.78, 5) is 25.1. The number of hydrogen-bond donors (Lipinski definition) is 0. The minimum atomic E-state index is -0.264. The molecule has 0 radical (unpaired) electrons. The highest BCUT2D eigenvalue weighted by Crippen LogP contribution is 2.25. The normalized spacial score (nSPS) is 17.4. The largest absolute Gasteiger partial charge is 0.492 e. The Morgan fingerprint density at radius 2 is 2.07 bits per heavy atom. The van der Waals surface area contributed by atoms with E-state index in [1.165, 1.54) is 17.0 Å². The minimum absolute atomic E-state index is 0.0766. The summed E-state index contributed by atoms with van der Waals surface area (Å²) < 4.78 is 18.7. The van der Waals surface area contributed by atoms with Crippen LogP contribution >= 0.6 is 0 Å². The highest BCUT2D eigenvalue weighted by molar-refractivity contribution is 5.94. The van der Waals surface area contributed by atoms with Gasteiger partial charge in [-0.25, -0.2) is 14.4 Å². The number of benzene rings is 1. The van der Waals surface area contributed by atoms with Gasteiger partial charge in [0.05, 0.1) is 11.3 Å². The molecule has 1 unspecified atom stereocenters. The molecule has 0 spiro atoms. The topological polar surface area (TPSA) is 58.6 Å². The van der Waals surface area contributed by atoms with Gasteiger partial charge in [-0.3, -0.25) is 9.69 Å². The van der Waals surface area contributed by atoms with Crippen LogP contribution in [-0.2, 0) is 0 Å². The first-order valence-electron chi connectivity index (χ1n) is 9.60. The van der Waals surface area contributed by atoms with Crippen molar-refractivity contribution in [3.05, 3.63) is 53.4 Å². The number of nitrogens with zero attached hydrogens (tertiary/aromatic N) is 4. The van der Waals surface area contributed by atoms with Gasteiger partial charge in [0.15, 0.2) is 0 Å². The van der Waals surface area contributed by atoms with Crippen LogP contribution in [0.2, 0.25) is 0 Å². The van der Waals surface area contributed by atoms with Crippen molar-refractivity contribution in [1.82, 2.24) is 19.8 Å². The number of piperidine rings is 1. The molecule has 28 heavy (non-hydrogen) atoms. The predicted molar refractivity (Wildman–Crippen MR) is 105 cm³/mol. The van der Waals surface area contributed by atoms with E-state index in [9.17, 15) is 9.18 Å². The Bertz CT molecular complexity index is 811. The van der Waals surface area contributed by atoms with Gasteiger partial charge in [-0.2, -0.15) is 0 Å². The Hall–Kier alpha value is -2.54. The average Bonchev–Trinajstić information content (AvgIpc) is 2.69. The maximum atomic E-state index is 12.9. The van der Waals surface area contributed by atoms with Crippen LogP contribution < -0.4 is 4.74 Å². The zero-order valence-electron chi connectivity index (χ0n) is 16.7. The highest BCUT2D eigenvalue weighted by Gasteiger charge is 2.24. The van der Waals surface area contributed by atoms with E-state index >= 15 is 0 Å². The van der Waals surface area contributed by atoms with E-state index in [2.05, 4.69) is 14.9 Å². The first kappa shape index (κ1) is 20.2. The predicted octanol–water partition coefficient (Wildman–Crippen LogP) is 2.88. The number of halogens is 1. The van der Waals surface area contributed by atoms with Crippen LogP contribution in [0.3, 0.4) is 0 Å². The van der Waals surface area contributed by atoms with Gasteiger partial charge in [0, 0.05) is 39.3 Å². The summed E-state index contributed by atoms with van der Waals surface area (Å²) in [5.74, 6) is 1.39. The molecule has 150 valence electrons. The molecule has 0 saturated carbocycles. The van der Waals surface area contributed by atoms with E-state index in [0.717, 1.165) is 44.0 Å². The third-order valence-electron chi connectivity index (χ3n) is 5.00. The summed E-state index contributed by atoms with van der Waals surface area (Å²) in [5.41, 5.74) is 1.27. The maximum absolute atomic E-state index is 12.9. The van der Waals surface area contributed by atoms with Crippen molar-refractivity contribution in [3.63, 3.8) is 0 Å². The number of ether oxygens (including phenoxy) is 1. The van der Waals surface area contributed by atoms with Crippen molar-refractivity contribution in [3.8, 4) is 5.75 Å². The monoisotopic (exact) mass is 386 g/mol. The van der Waals surface area contributed by atoms with Gasteiger partial charge in [-0.15, -0.1) is 0 Å². The molecular weight excluding hydrogens is 359 g/mol. The Morgan fingerprint density at radius 1 is 1.32 bits per heavy atom. The molecule has 1 aromatic heterocycles. The third-order valence-corrected chi connectivity index (χ3v) is 5.00. The summed E-state index contributed by atoms with van der Waals surface area (Å²) in [6.07, 6.45) is 3.76. The lowest BCUT2D eigenvalue weighted by atomic mass is 9.97. The smallest absolute Gasteiger partial charge is 0.256 e. The molecule has 0 bridgehead atoms. The zero-order chi connectivity index (χ0) is 20.1. The third kappa shape index (κ3) is 5.04. The molecule has 0 N–H and O–H groups in total. The molecule has 3 rings (SSSR count). The van der Waals surface area contributed by atoms with E-state index in [1.54, 1.807) is 32.4 Å². The number of carbonyl (C=O) groups excluding carboxylic acids is 1. The molecule has 0 aliphatic carbocycles. The van der Waals surface area contributed by atoms with E-state index in [0.29, 0.717) is 17.9 Å². The molecule has 2 aromatic rings. The van der Waals surface area contributed by atoms with Crippen LogP contribution in [0, 0.1) is 12.7 Å². The molecule has 1 aliphatic heterocycles. The van der Waals surface area contributed by atoms with Crippen molar-refractivity contribution < 1.29 is 13.9 Å². The van der Waals surface area contributed by atoms with Crippen LogP contribution in [0.1, 0.15) is 40.6 Å². The molecule has 1 atom stereocenters. The molecular formula is C21H27FN4O2. The fourth-order valence-electron chi connectivity index (χ4n) is 3.43. The molecule has 1 fully saturated rings. The van der Waals surface area contributed by atoms with Crippen LogP contribution in [0.5, 0.6) is 5.75 Å². The second-order valence-electron chi connectivity index (χ2n) is 7.37. The van der Waals surface area contributed by atoms with E-state index in [4.69, 9.17) is 4.74 Å². The van der Waals surface area contributed by atoms with Gasteiger partial charge < -0.3 is 9.64 Å². The number of hydrogen-bond acceptors (Lipinski definition) is 5. The molecule has 1 saturated heterocycles. The Kier molecular flexibility index (Phi) is 6.57. The minimum Gasteiger partial charge on any atom is -0.492 e. The number of rotatable bonds is 6. The summed E-state index contributed by atoms with van der Waals surface area (Å²) in [5, 5.41) is 0. The first-order valence-corrected chi connectivity index (χ1v) is 9.60. The van der Waals surface area contributed by atoms with Crippen LogP contribution in [-0.4, -0.2) is 66.0 Å². The summed E-state index contributed by atoms with van der Waals surface area (Å²) in [6, 6.07) is 6.08. The lowest BCUT2D eigenvalue weighted by Crippen LogP contribution is -2.37. The van der Waals surface area contributed by atoms with Gasteiger partial charge in [0.1, 0.15) is 24.0 Å². The summed E-state index contributed by atoms with van der Waals surface area (Å²) in [6.45, 7) is 5.09. The Balaban J connectivity index is 1.56. The quantitative estimate of drug-likeness (QED) is 0.764. The lowest BCUT2D eigenvalue weighted by molar-refractivity contribution is 0.0825. The average molecular weight is 386 g/mol. The molecule has 2 heterocycles. The van der Waals surface area contributed by atoms with Gasteiger partial charge in [0.2, 0.25) is 0 Å². The van der Waals surface area contributed by atoms with Crippen molar-refractivity contribution in [1.29, 1.82) is 0 Å². The van der Waals surface area contributed by atoms with Crippen LogP contribution in [0.4, 0.5) is 4.39 Å². The molecule has 1 aliphatic rings. The Morgan fingerprint density at radius 3 is 2.75 bits per heavy atom. The van der Waals surface area contributed by atoms with E-state index in [-0.39, 0.29) is 17.6 Å². The van der Waals surface area contributed by atoms with Gasteiger partial charge in [-0.05, 0) is 50.6 Å². The van der Waals surface area contributed by atoms with Crippen LogP contribution in [0.25, 0.3) is 0 Å². The SMILES string of the molecule is Cc1nc(C2CCCN(CCOc3ccc(F)cc3)C2)ncc1C(=O)N(C)C. The number of aromatic nitrogens is 2. The van der Waals surface area contributed by atoms with Gasteiger partial charge in [-0.1, -0.05) is 0 Å². The van der Waals surface area contributed by atoms with Gasteiger partial charge in [0.25, 0.3) is 5.91 Å². The molecule has 7 heteroatoms. The first-order chi connectivity index (χ1) is 13.4. The standard InChI is InChI=1S/C21H27FN4O2/c1-15-19(21(27)25(2)3)13-23-20(24-15)16-5-4-10-26(14-16)11-12-28-18-8-6-17(22)7-9-18/h6-9,13,16H,4-5,10-12,14H2,1-3H3. The fraction of sp³-hybridized carbons (Fsp3) is 0.476. The fourth-order valence-corrected chi connectivity index (χ4v) is 3.43. The lowest BCUT2D eigenvalue weighted by Gasteiger charge is -2.32. The van der Waals surface area contributed by atoms with E-state index in [1.807, 2.05) is 6.92 Å². The second-order valence-corrected chi connectivity index (χ2v) is 7.37. The zero-order valence-corrected chi connectivity index (χ0v) is 16.7. The van der Waals surface area contributed by atoms with Crippen molar-refractivity contribution in [2.45, 2.75) is 25.7 Å². The molecule has 1 aromatic carbocycles. The number of carbonyl (C=O) groups is 1. The van der Waals surface area contributed by atoms with Crippen molar-refractivity contribution in [2.24, 2.45) is 0 Å². The highest BCUT2D eigenvalue weighted by atomic mass is 19.1. The maximum Gasteiger partial charge on any atom is 0.256 e. The molecule has 1 amide bonds. The summed E-state index contributed by atoms with van der Waals surface area (Å²) in [7, 11) is 3.45. The van der Waals surface area contributed by atoms with Crippen molar-refractivity contribution in [2.75, 3.05) is 40.3 Å². The van der Waals surface area contributed by atoms with Crippen molar-refractivity contribution >= 4 is 5.91 Å². The Labute approximate surface area is 165 Å². The summed E-state index contributed by atoms with van der Waals surface area (Å²) >= 11 is 0.